The Morgan fingerprint density at radius 3 is 1.97 bits per heavy atom. The van der Waals surface area contributed by atoms with Crippen LogP contribution in [0.2, 0.25) is 0 Å². The number of ether oxygens (including phenoxy) is 3. The van der Waals surface area contributed by atoms with E-state index in [0.29, 0.717) is 17.1 Å². The zero-order valence-electron chi connectivity index (χ0n) is 21.2. The topological polar surface area (TPSA) is 120 Å². The number of amides is 1. The monoisotopic (exact) mass is 486 g/mol. The van der Waals surface area contributed by atoms with Crippen LogP contribution in [0.5, 0.6) is 0 Å². The summed E-state index contributed by atoms with van der Waals surface area (Å²) >= 11 is 0. The second kappa shape index (κ2) is 12.7. The van der Waals surface area contributed by atoms with Gasteiger partial charge >= 0.3 is 17.9 Å². The molecular weight excluding hydrogens is 452 g/mol. The van der Waals surface area contributed by atoms with E-state index in [2.05, 4.69) is 24.5 Å². The van der Waals surface area contributed by atoms with Gasteiger partial charge in [0, 0.05) is 17.1 Å². The molecule has 0 saturated carbocycles. The van der Waals surface area contributed by atoms with Crippen LogP contribution >= 0.6 is 0 Å². The molecule has 0 fully saturated rings. The molecule has 0 bridgehead atoms. The Kier molecular flexibility index (Phi) is 10.1. The summed E-state index contributed by atoms with van der Waals surface area (Å²) in [6.45, 7) is 10.1. The van der Waals surface area contributed by atoms with Crippen LogP contribution in [0.25, 0.3) is 0 Å². The van der Waals surface area contributed by atoms with Crippen LogP contribution in [0.1, 0.15) is 59.4 Å². The Morgan fingerprint density at radius 2 is 1.46 bits per heavy atom. The van der Waals surface area contributed by atoms with Crippen molar-refractivity contribution in [3.05, 3.63) is 52.4 Å². The van der Waals surface area contributed by atoms with Gasteiger partial charge in [0.05, 0.1) is 24.4 Å². The largest absolute Gasteiger partial charge is 0.463 e. The lowest BCUT2D eigenvalue weighted by molar-refractivity contribution is -0.153. The number of dihydropyridines is 1. The highest BCUT2D eigenvalue weighted by Crippen LogP contribution is 2.33. The van der Waals surface area contributed by atoms with E-state index in [9.17, 15) is 19.2 Å². The lowest BCUT2D eigenvalue weighted by Gasteiger charge is -2.28. The average molecular weight is 487 g/mol. The van der Waals surface area contributed by atoms with Crippen molar-refractivity contribution >= 4 is 29.5 Å². The molecule has 0 aliphatic carbocycles. The third-order valence-corrected chi connectivity index (χ3v) is 5.71. The summed E-state index contributed by atoms with van der Waals surface area (Å²) in [4.78, 5) is 51.2. The van der Waals surface area contributed by atoms with E-state index in [0.717, 1.165) is 12.0 Å². The summed E-state index contributed by atoms with van der Waals surface area (Å²) in [7, 11) is 0. The maximum absolute atomic E-state index is 13.2. The SMILES string of the molecule is CCOC(=O)C1=C(C)NC(C)=C(C(=O)OCC)C1C(=O)OCC(=O)Nc1ccccc1[C@@H](C)CC. The predicted molar refractivity (Wildman–Crippen MR) is 130 cm³/mol. The first-order valence-electron chi connectivity index (χ1n) is 11.7. The molecular formula is C26H34N2O7. The number of nitrogens with one attached hydrogen (secondary N) is 2. The number of para-hydroxylation sites is 1. The minimum absolute atomic E-state index is 0.0620. The van der Waals surface area contributed by atoms with Gasteiger partial charge in [-0.1, -0.05) is 32.0 Å². The highest BCUT2D eigenvalue weighted by molar-refractivity contribution is 6.06. The Hall–Kier alpha value is -3.62. The molecule has 1 aromatic carbocycles. The predicted octanol–water partition coefficient (Wildman–Crippen LogP) is 3.58. The van der Waals surface area contributed by atoms with Gasteiger partial charge < -0.3 is 24.8 Å². The van der Waals surface area contributed by atoms with E-state index < -0.39 is 36.3 Å². The third kappa shape index (κ3) is 6.71. The molecule has 0 aromatic heterocycles. The fraction of sp³-hybridized carbons (Fsp3) is 0.462. The molecule has 2 rings (SSSR count). The minimum Gasteiger partial charge on any atom is -0.463 e. The molecule has 35 heavy (non-hydrogen) atoms. The van der Waals surface area contributed by atoms with Gasteiger partial charge in [-0.3, -0.25) is 9.59 Å². The van der Waals surface area contributed by atoms with Gasteiger partial charge in [-0.25, -0.2) is 9.59 Å². The highest BCUT2D eigenvalue weighted by atomic mass is 16.5. The van der Waals surface area contributed by atoms with Crippen molar-refractivity contribution in [2.45, 2.75) is 53.9 Å². The summed E-state index contributed by atoms with van der Waals surface area (Å²) < 4.78 is 15.5. The molecule has 1 aromatic rings. The van der Waals surface area contributed by atoms with Crippen LogP contribution < -0.4 is 10.6 Å². The van der Waals surface area contributed by atoms with Gasteiger partial charge in [-0.05, 0) is 51.7 Å². The van der Waals surface area contributed by atoms with Gasteiger partial charge in [0.25, 0.3) is 5.91 Å². The molecule has 0 saturated heterocycles. The summed E-state index contributed by atoms with van der Waals surface area (Å²) in [6, 6.07) is 7.42. The molecule has 0 spiro atoms. The van der Waals surface area contributed by atoms with Crippen molar-refractivity contribution in [1.82, 2.24) is 5.32 Å². The van der Waals surface area contributed by atoms with E-state index in [-0.39, 0.29) is 30.3 Å². The molecule has 0 radical (unpaired) electrons. The van der Waals surface area contributed by atoms with Crippen LogP contribution in [0.15, 0.2) is 46.8 Å². The molecule has 1 heterocycles. The van der Waals surface area contributed by atoms with E-state index in [4.69, 9.17) is 14.2 Å². The number of rotatable bonds is 10. The minimum atomic E-state index is -1.39. The zero-order valence-corrected chi connectivity index (χ0v) is 21.2. The van der Waals surface area contributed by atoms with Crippen LogP contribution in [0.3, 0.4) is 0 Å². The van der Waals surface area contributed by atoms with Crippen LogP contribution in [-0.4, -0.2) is 43.6 Å². The van der Waals surface area contributed by atoms with Crippen LogP contribution in [0.4, 0.5) is 5.69 Å². The molecule has 190 valence electrons. The summed E-state index contributed by atoms with van der Waals surface area (Å²) in [6.07, 6.45) is 0.891. The number of esters is 3. The summed E-state index contributed by atoms with van der Waals surface area (Å²) in [5.41, 5.74) is 2.18. The normalized spacial score (nSPS) is 14.7. The standard InChI is InChI=1S/C26H34N2O7/c1-7-15(4)18-12-10-11-13-19(18)28-20(29)14-35-26(32)23-21(24(30)33-8-2)16(5)27-17(6)22(23)25(31)34-9-3/h10-13,15,23,27H,7-9,14H2,1-6H3,(H,28,29)/t15-/m0/s1. The molecule has 1 aliphatic heterocycles. The smallest absolute Gasteiger partial charge is 0.337 e. The fourth-order valence-corrected chi connectivity index (χ4v) is 3.86. The quantitative estimate of drug-likeness (QED) is 0.380. The number of anilines is 1. The lowest BCUT2D eigenvalue weighted by atomic mass is 9.85. The van der Waals surface area contributed by atoms with Crippen molar-refractivity contribution < 1.29 is 33.4 Å². The van der Waals surface area contributed by atoms with Gasteiger partial charge in [0.1, 0.15) is 5.92 Å². The van der Waals surface area contributed by atoms with Crippen molar-refractivity contribution in [2.24, 2.45) is 5.92 Å². The Morgan fingerprint density at radius 1 is 0.914 bits per heavy atom. The zero-order chi connectivity index (χ0) is 26.1. The number of benzene rings is 1. The Balaban J connectivity index is 2.27. The van der Waals surface area contributed by atoms with Crippen molar-refractivity contribution in [1.29, 1.82) is 0 Å². The number of carbonyl (C=O) groups is 4. The first-order valence-corrected chi connectivity index (χ1v) is 11.7. The van der Waals surface area contributed by atoms with Crippen LogP contribution in [-0.2, 0) is 33.4 Å². The average Bonchev–Trinajstić information content (AvgIpc) is 2.82. The van der Waals surface area contributed by atoms with Crippen LogP contribution in [0, 0.1) is 5.92 Å². The second-order valence-electron chi connectivity index (χ2n) is 8.13. The van der Waals surface area contributed by atoms with Gasteiger partial charge in [0.2, 0.25) is 0 Å². The lowest BCUT2D eigenvalue weighted by Crippen LogP contribution is -2.39. The molecule has 9 heteroatoms. The fourth-order valence-electron chi connectivity index (χ4n) is 3.86. The molecule has 9 nitrogen and oxygen atoms in total. The first kappa shape index (κ1) is 27.6. The molecule has 2 N–H and O–H groups in total. The summed E-state index contributed by atoms with van der Waals surface area (Å²) in [5.74, 6) is -4.17. The van der Waals surface area contributed by atoms with E-state index in [1.807, 2.05) is 12.1 Å². The summed E-state index contributed by atoms with van der Waals surface area (Å²) in [5, 5.41) is 5.71. The van der Waals surface area contributed by atoms with E-state index >= 15 is 0 Å². The van der Waals surface area contributed by atoms with E-state index in [1.54, 1.807) is 39.8 Å². The molecule has 0 unspecified atom stereocenters. The Bertz CT molecular complexity index is 1000. The second-order valence-corrected chi connectivity index (χ2v) is 8.13. The van der Waals surface area contributed by atoms with Crippen molar-refractivity contribution in [3.63, 3.8) is 0 Å². The van der Waals surface area contributed by atoms with Crippen molar-refractivity contribution in [3.8, 4) is 0 Å². The number of carbonyl (C=O) groups excluding carboxylic acids is 4. The van der Waals surface area contributed by atoms with Gasteiger partial charge in [0.15, 0.2) is 6.61 Å². The number of hydrogen-bond acceptors (Lipinski definition) is 8. The van der Waals surface area contributed by atoms with Crippen molar-refractivity contribution in [2.75, 3.05) is 25.1 Å². The number of hydrogen-bond donors (Lipinski definition) is 2. The number of allylic oxidation sites excluding steroid dienone is 2. The maximum Gasteiger partial charge on any atom is 0.337 e. The third-order valence-electron chi connectivity index (χ3n) is 5.71. The van der Waals surface area contributed by atoms with E-state index in [1.165, 1.54) is 0 Å². The molecule has 1 amide bonds. The highest BCUT2D eigenvalue weighted by Gasteiger charge is 2.42. The molecule has 1 atom stereocenters. The Labute approximate surface area is 205 Å². The van der Waals surface area contributed by atoms with Gasteiger partial charge in [-0.15, -0.1) is 0 Å². The first-order chi connectivity index (χ1) is 16.7. The van der Waals surface area contributed by atoms with Gasteiger partial charge in [-0.2, -0.15) is 0 Å². The molecule has 1 aliphatic rings. The maximum atomic E-state index is 13.2.